The van der Waals surface area contributed by atoms with Crippen LogP contribution in [0.3, 0.4) is 0 Å². The van der Waals surface area contributed by atoms with Crippen molar-refractivity contribution < 1.29 is 27.0 Å². The number of nitrogens with two attached hydrogens (primary N) is 1. The molecule has 0 bridgehead atoms. The lowest BCUT2D eigenvalue weighted by atomic mass is 9.96. The molecule has 2 heterocycles. The summed E-state index contributed by atoms with van der Waals surface area (Å²) < 4.78 is 67.2. The van der Waals surface area contributed by atoms with Crippen LogP contribution in [0.25, 0.3) is 10.9 Å². The number of methoxy groups -OCH3 is 1. The number of ether oxygens (including phenoxy) is 2. The lowest BCUT2D eigenvalue weighted by molar-refractivity contribution is -0.140. The minimum atomic E-state index is -4.88. The summed E-state index contributed by atoms with van der Waals surface area (Å²) in [4.78, 5) is 11.2. The van der Waals surface area contributed by atoms with Gasteiger partial charge in [0.15, 0.2) is 11.5 Å². The van der Waals surface area contributed by atoms with Crippen LogP contribution in [0.4, 0.5) is 29.1 Å². The van der Waals surface area contributed by atoms with Crippen LogP contribution in [0.1, 0.15) is 56.6 Å². The lowest BCUT2D eigenvalue weighted by Gasteiger charge is -2.36. The highest BCUT2D eigenvalue weighted by Gasteiger charge is 2.38. The summed E-state index contributed by atoms with van der Waals surface area (Å²) in [6, 6.07) is 4.56. The maximum Gasteiger partial charge on any atom is 0.419 e. The molecule has 3 aromatic rings. The molecule has 1 aromatic heterocycles. The molecule has 1 fully saturated rings. The molecule has 38 heavy (non-hydrogen) atoms. The highest BCUT2D eigenvalue weighted by Crippen LogP contribution is 2.40. The fraction of sp³-hybridized carbons (Fsp3) is 0.481. The Hall–Kier alpha value is -3.34. The number of halogens is 4. The Kier molecular flexibility index (Phi) is 7.35. The first-order chi connectivity index (χ1) is 17.7. The fourth-order valence-electron chi connectivity index (χ4n) is 5.22. The molecule has 0 unspecified atom stereocenters. The van der Waals surface area contributed by atoms with Crippen molar-refractivity contribution in [3.05, 3.63) is 47.0 Å². The van der Waals surface area contributed by atoms with Crippen LogP contribution in [-0.4, -0.2) is 47.2 Å². The van der Waals surface area contributed by atoms with Crippen LogP contribution in [0.15, 0.2) is 24.3 Å². The Labute approximate surface area is 219 Å². The Balaban J connectivity index is 1.75. The van der Waals surface area contributed by atoms with Crippen molar-refractivity contribution in [2.45, 2.75) is 64.4 Å². The van der Waals surface area contributed by atoms with Gasteiger partial charge in [-0.2, -0.15) is 13.2 Å². The van der Waals surface area contributed by atoms with Gasteiger partial charge in [0.25, 0.3) is 0 Å². The zero-order chi connectivity index (χ0) is 28.0. The van der Waals surface area contributed by atoms with Gasteiger partial charge in [0.1, 0.15) is 23.1 Å². The second-order valence-corrected chi connectivity index (χ2v) is 10.3. The molecule has 2 aromatic carbocycles. The average molecular weight is 536 g/mol. The number of anilines is 2. The van der Waals surface area contributed by atoms with E-state index in [1.807, 2.05) is 13.8 Å². The van der Waals surface area contributed by atoms with E-state index in [2.05, 4.69) is 27.2 Å². The Bertz CT molecular complexity index is 1350. The summed E-state index contributed by atoms with van der Waals surface area (Å²) in [6.07, 6.45) is -2.80. The highest BCUT2D eigenvalue weighted by molar-refractivity contribution is 5.92. The standard InChI is InChI=1S/C27H33F4N5O2/c1-14(17-10-16(32)11-19(24(17)28)27(29,30)31)33-25-18-12-22(21(37-6)13-20(18)34-15(2)35-25)38-26(3,4)23-8-7-9-36(23)5/h10-14,23H,7-9,32H2,1-6H3,(H,33,34,35)/t14-,23+/m1/s1. The van der Waals surface area contributed by atoms with Crippen LogP contribution in [0.2, 0.25) is 0 Å². The third kappa shape index (κ3) is 5.43. The van der Waals surface area contributed by atoms with Gasteiger partial charge >= 0.3 is 6.18 Å². The predicted octanol–water partition coefficient (Wildman–Crippen LogP) is 6.11. The fourth-order valence-corrected chi connectivity index (χ4v) is 5.22. The first kappa shape index (κ1) is 27.7. The summed E-state index contributed by atoms with van der Waals surface area (Å²) in [5.74, 6) is 0.316. The van der Waals surface area contributed by atoms with Gasteiger partial charge in [0.2, 0.25) is 0 Å². The zero-order valence-corrected chi connectivity index (χ0v) is 22.3. The number of hydrogen-bond acceptors (Lipinski definition) is 7. The number of aryl methyl sites for hydroxylation is 1. The molecule has 3 N–H and O–H groups in total. The number of likely N-dealkylation sites (tertiary alicyclic amines) is 1. The Morgan fingerprint density at radius 3 is 2.45 bits per heavy atom. The van der Waals surface area contributed by atoms with Gasteiger partial charge in [0.05, 0.1) is 24.2 Å². The SMILES string of the molecule is COc1cc2nc(C)nc(N[C@H](C)c3cc(N)cc(C(F)(F)F)c3F)c2cc1OC(C)(C)[C@@H]1CCCN1C. The molecule has 1 saturated heterocycles. The van der Waals surface area contributed by atoms with E-state index in [0.717, 1.165) is 19.4 Å². The predicted molar refractivity (Wildman–Crippen MR) is 139 cm³/mol. The molecular formula is C27H33F4N5O2. The zero-order valence-electron chi connectivity index (χ0n) is 22.3. The molecule has 11 heteroatoms. The van der Waals surface area contributed by atoms with Gasteiger partial charge in [-0.1, -0.05) is 0 Å². The molecule has 1 aliphatic heterocycles. The minimum Gasteiger partial charge on any atom is -0.493 e. The smallest absolute Gasteiger partial charge is 0.419 e. The second-order valence-electron chi connectivity index (χ2n) is 10.3. The van der Waals surface area contributed by atoms with E-state index in [1.54, 1.807) is 33.1 Å². The lowest BCUT2D eigenvalue weighted by Crippen LogP contribution is -2.48. The molecule has 4 rings (SSSR count). The molecule has 7 nitrogen and oxygen atoms in total. The monoisotopic (exact) mass is 535 g/mol. The maximum atomic E-state index is 14.9. The summed E-state index contributed by atoms with van der Waals surface area (Å²) in [5.41, 5.74) is 3.86. The van der Waals surface area contributed by atoms with Crippen LogP contribution in [0, 0.1) is 12.7 Å². The molecule has 206 valence electrons. The molecule has 2 atom stereocenters. The van der Waals surface area contributed by atoms with Gasteiger partial charge in [-0.3, -0.25) is 4.90 Å². The van der Waals surface area contributed by atoms with Crippen molar-refractivity contribution in [1.82, 2.24) is 14.9 Å². The number of nitrogen functional groups attached to an aromatic ring is 1. The van der Waals surface area contributed by atoms with Crippen molar-refractivity contribution in [2.24, 2.45) is 0 Å². The van der Waals surface area contributed by atoms with E-state index in [0.29, 0.717) is 40.1 Å². The largest absolute Gasteiger partial charge is 0.493 e. The maximum absolute atomic E-state index is 14.9. The number of fused-ring (bicyclic) bond motifs is 1. The normalized spacial score (nSPS) is 17.6. The number of aromatic nitrogens is 2. The number of hydrogen-bond donors (Lipinski definition) is 2. The quantitative estimate of drug-likeness (QED) is 0.279. The molecule has 1 aliphatic rings. The van der Waals surface area contributed by atoms with E-state index < -0.39 is 29.2 Å². The van der Waals surface area contributed by atoms with Crippen molar-refractivity contribution in [2.75, 3.05) is 31.8 Å². The van der Waals surface area contributed by atoms with E-state index in [4.69, 9.17) is 15.2 Å². The molecule has 0 radical (unpaired) electrons. The number of rotatable bonds is 7. The van der Waals surface area contributed by atoms with Gasteiger partial charge < -0.3 is 20.5 Å². The second kappa shape index (κ2) is 10.1. The molecule has 0 spiro atoms. The number of alkyl halides is 3. The minimum absolute atomic E-state index is 0.189. The highest BCUT2D eigenvalue weighted by atomic mass is 19.4. The van der Waals surface area contributed by atoms with Crippen LogP contribution in [-0.2, 0) is 6.18 Å². The Morgan fingerprint density at radius 2 is 1.84 bits per heavy atom. The van der Waals surface area contributed by atoms with Gasteiger partial charge in [-0.15, -0.1) is 0 Å². The van der Waals surface area contributed by atoms with E-state index >= 15 is 0 Å². The van der Waals surface area contributed by atoms with Gasteiger partial charge in [0, 0.05) is 28.7 Å². The van der Waals surface area contributed by atoms with Crippen LogP contribution in [0.5, 0.6) is 11.5 Å². The van der Waals surface area contributed by atoms with Crippen molar-refractivity contribution in [3.8, 4) is 11.5 Å². The number of nitrogens with one attached hydrogen (secondary N) is 1. The van der Waals surface area contributed by atoms with E-state index in [-0.39, 0.29) is 17.3 Å². The molecule has 0 aliphatic carbocycles. The summed E-state index contributed by atoms with van der Waals surface area (Å²) in [6.45, 7) is 8.27. The van der Waals surface area contributed by atoms with Crippen molar-refractivity contribution in [3.63, 3.8) is 0 Å². The molecule has 0 saturated carbocycles. The first-order valence-electron chi connectivity index (χ1n) is 12.4. The third-order valence-corrected chi connectivity index (χ3v) is 7.04. The third-order valence-electron chi connectivity index (χ3n) is 7.04. The Morgan fingerprint density at radius 1 is 1.13 bits per heavy atom. The van der Waals surface area contributed by atoms with Gasteiger partial charge in [-0.05, 0) is 72.3 Å². The van der Waals surface area contributed by atoms with Gasteiger partial charge in [-0.25, -0.2) is 14.4 Å². The molecular weight excluding hydrogens is 502 g/mol. The van der Waals surface area contributed by atoms with E-state index in [1.165, 1.54) is 6.07 Å². The van der Waals surface area contributed by atoms with Crippen LogP contribution < -0.4 is 20.5 Å². The summed E-state index contributed by atoms with van der Waals surface area (Å²) >= 11 is 0. The first-order valence-corrected chi connectivity index (χ1v) is 12.4. The number of likely N-dealkylation sites (N-methyl/N-ethyl adjacent to an activating group) is 1. The molecule has 0 amide bonds. The number of nitrogens with zero attached hydrogens (tertiary/aromatic N) is 3. The van der Waals surface area contributed by atoms with E-state index in [9.17, 15) is 17.6 Å². The van der Waals surface area contributed by atoms with Crippen molar-refractivity contribution >= 4 is 22.4 Å². The summed E-state index contributed by atoms with van der Waals surface area (Å²) in [7, 11) is 3.61. The van der Waals surface area contributed by atoms with Crippen molar-refractivity contribution in [1.29, 1.82) is 0 Å². The average Bonchev–Trinajstić information content (AvgIpc) is 3.26. The van der Waals surface area contributed by atoms with Crippen LogP contribution >= 0.6 is 0 Å². The summed E-state index contributed by atoms with van der Waals surface area (Å²) in [5, 5.41) is 3.61. The topological polar surface area (TPSA) is 85.5 Å². The number of benzene rings is 2.